The van der Waals surface area contributed by atoms with E-state index in [1.807, 2.05) is 35.0 Å². The summed E-state index contributed by atoms with van der Waals surface area (Å²) < 4.78 is 1.87. The molecule has 1 aromatic carbocycles. The number of nitrogens with zero attached hydrogens (tertiary/aromatic N) is 3. The fourth-order valence-corrected chi connectivity index (χ4v) is 3.15. The van der Waals surface area contributed by atoms with E-state index in [4.69, 9.17) is 11.6 Å². The second-order valence-corrected chi connectivity index (χ2v) is 6.43. The molecule has 3 rings (SSSR count). The third-order valence-electron chi connectivity index (χ3n) is 2.81. The molecule has 0 amide bonds. The topological polar surface area (TPSA) is 30.2 Å². The Morgan fingerprint density at radius 2 is 2.00 bits per heavy atom. The van der Waals surface area contributed by atoms with Gasteiger partial charge in [-0.05, 0) is 18.1 Å². The van der Waals surface area contributed by atoms with E-state index in [9.17, 15) is 0 Å². The van der Waals surface area contributed by atoms with Gasteiger partial charge in [0.05, 0.1) is 11.9 Å². The van der Waals surface area contributed by atoms with Crippen LogP contribution in [0.1, 0.15) is 18.9 Å². The molecule has 0 bridgehead atoms. The van der Waals surface area contributed by atoms with Crippen molar-refractivity contribution < 1.29 is 0 Å². The lowest BCUT2D eigenvalue weighted by atomic mass is 10.1. The van der Waals surface area contributed by atoms with Crippen molar-refractivity contribution in [3.63, 3.8) is 0 Å². The van der Waals surface area contributed by atoms with Crippen LogP contribution < -0.4 is 0 Å². The van der Waals surface area contributed by atoms with Gasteiger partial charge in [0.25, 0.3) is 0 Å². The van der Waals surface area contributed by atoms with Crippen molar-refractivity contribution in [2.24, 2.45) is 5.92 Å². The van der Waals surface area contributed by atoms with Crippen LogP contribution >= 0.6 is 22.9 Å². The first-order valence-electron chi connectivity index (χ1n) is 6.23. The Balaban J connectivity index is 1.94. The standard InChI is InChI=1S/C14H14ClN3S/c1-9(2)7-13-17-18-8-12(16-14(18)19-13)10-3-5-11(15)6-4-10/h3-6,8-9H,7H2,1-2H3. The lowest BCUT2D eigenvalue weighted by molar-refractivity contribution is 0.637. The Kier molecular flexibility index (Phi) is 3.29. The molecule has 0 aliphatic carbocycles. The van der Waals surface area contributed by atoms with Gasteiger partial charge >= 0.3 is 0 Å². The van der Waals surface area contributed by atoms with Gasteiger partial charge in [-0.15, -0.1) is 0 Å². The SMILES string of the molecule is CC(C)Cc1nn2cc(-c3ccc(Cl)cc3)nc2s1. The highest BCUT2D eigenvalue weighted by Gasteiger charge is 2.10. The Labute approximate surface area is 120 Å². The number of rotatable bonds is 3. The fraction of sp³-hybridized carbons (Fsp3) is 0.286. The van der Waals surface area contributed by atoms with Gasteiger partial charge in [-0.3, -0.25) is 0 Å². The van der Waals surface area contributed by atoms with Crippen LogP contribution in [-0.2, 0) is 6.42 Å². The predicted octanol–water partition coefficient (Wildman–Crippen LogP) is 4.31. The third kappa shape index (κ3) is 2.65. The number of benzene rings is 1. The van der Waals surface area contributed by atoms with Gasteiger partial charge in [0.1, 0.15) is 5.01 Å². The highest BCUT2D eigenvalue weighted by molar-refractivity contribution is 7.16. The van der Waals surface area contributed by atoms with E-state index < -0.39 is 0 Å². The van der Waals surface area contributed by atoms with Crippen LogP contribution in [0.15, 0.2) is 30.5 Å². The second-order valence-electron chi connectivity index (χ2n) is 4.95. The quantitative estimate of drug-likeness (QED) is 0.720. The molecule has 19 heavy (non-hydrogen) atoms. The van der Waals surface area contributed by atoms with E-state index >= 15 is 0 Å². The van der Waals surface area contributed by atoms with Crippen LogP contribution in [-0.4, -0.2) is 14.6 Å². The number of hydrogen-bond donors (Lipinski definition) is 0. The van der Waals surface area contributed by atoms with E-state index in [1.165, 1.54) is 0 Å². The zero-order valence-corrected chi connectivity index (χ0v) is 12.4. The molecule has 0 saturated heterocycles. The number of fused-ring (bicyclic) bond motifs is 1. The number of imidazole rings is 1. The molecule has 0 saturated carbocycles. The van der Waals surface area contributed by atoms with Crippen LogP contribution in [0.25, 0.3) is 16.2 Å². The van der Waals surface area contributed by atoms with Gasteiger partial charge in [-0.1, -0.05) is 48.9 Å². The normalized spacial score (nSPS) is 11.6. The molecule has 3 nitrogen and oxygen atoms in total. The van der Waals surface area contributed by atoms with Crippen molar-refractivity contribution in [3.8, 4) is 11.3 Å². The first-order valence-corrected chi connectivity index (χ1v) is 7.42. The maximum absolute atomic E-state index is 5.89. The first kappa shape index (κ1) is 12.6. The highest BCUT2D eigenvalue weighted by atomic mass is 35.5. The molecule has 0 atom stereocenters. The van der Waals surface area contributed by atoms with Crippen molar-refractivity contribution in [2.45, 2.75) is 20.3 Å². The second kappa shape index (κ2) is 4.94. The molecule has 5 heteroatoms. The largest absolute Gasteiger partial charge is 0.217 e. The summed E-state index contributed by atoms with van der Waals surface area (Å²) >= 11 is 7.55. The van der Waals surface area contributed by atoms with Gasteiger partial charge in [-0.25, -0.2) is 9.50 Å². The number of halogens is 1. The molecule has 3 aromatic rings. The maximum Gasteiger partial charge on any atom is 0.212 e. The molecule has 2 aromatic heterocycles. The monoisotopic (exact) mass is 291 g/mol. The van der Waals surface area contributed by atoms with E-state index in [0.29, 0.717) is 5.92 Å². The summed E-state index contributed by atoms with van der Waals surface area (Å²) in [5, 5.41) is 6.44. The van der Waals surface area contributed by atoms with Crippen molar-refractivity contribution in [3.05, 3.63) is 40.5 Å². The molecule has 2 heterocycles. The summed E-state index contributed by atoms with van der Waals surface area (Å²) in [4.78, 5) is 5.56. The molecule has 0 radical (unpaired) electrons. The Hall–Kier alpha value is -1.39. The van der Waals surface area contributed by atoms with Crippen LogP contribution in [0.4, 0.5) is 0 Å². The Bertz CT molecular complexity index is 666. The minimum Gasteiger partial charge on any atom is -0.217 e. The van der Waals surface area contributed by atoms with Gasteiger partial charge in [0, 0.05) is 17.0 Å². The highest BCUT2D eigenvalue weighted by Crippen LogP contribution is 2.24. The maximum atomic E-state index is 5.89. The third-order valence-corrected chi connectivity index (χ3v) is 4.00. The van der Waals surface area contributed by atoms with Crippen LogP contribution in [0, 0.1) is 5.92 Å². The number of hydrogen-bond acceptors (Lipinski definition) is 3. The fourth-order valence-electron chi connectivity index (χ4n) is 1.93. The molecule has 0 fully saturated rings. The van der Waals surface area contributed by atoms with Crippen LogP contribution in [0.5, 0.6) is 0 Å². The van der Waals surface area contributed by atoms with Gasteiger partial charge in [0.15, 0.2) is 0 Å². The van der Waals surface area contributed by atoms with E-state index in [0.717, 1.165) is 32.7 Å². The number of aromatic nitrogens is 3. The first-order chi connectivity index (χ1) is 9.11. The minimum atomic E-state index is 0.617. The summed E-state index contributed by atoms with van der Waals surface area (Å²) in [7, 11) is 0. The summed E-state index contributed by atoms with van der Waals surface area (Å²) in [6.45, 7) is 4.40. The summed E-state index contributed by atoms with van der Waals surface area (Å²) in [6.07, 6.45) is 2.98. The molecule has 0 N–H and O–H groups in total. The smallest absolute Gasteiger partial charge is 0.212 e. The summed E-state index contributed by atoms with van der Waals surface area (Å²) in [5.41, 5.74) is 2.00. The lowest BCUT2D eigenvalue weighted by Crippen LogP contribution is -1.94. The lowest BCUT2D eigenvalue weighted by Gasteiger charge is -1.98. The zero-order valence-electron chi connectivity index (χ0n) is 10.8. The van der Waals surface area contributed by atoms with Crippen molar-refractivity contribution in [2.75, 3.05) is 0 Å². The average molecular weight is 292 g/mol. The molecular formula is C14H14ClN3S. The van der Waals surface area contributed by atoms with Crippen molar-refractivity contribution in [1.29, 1.82) is 0 Å². The van der Waals surface area contributed by atoms with Gasteiger partial charge in [0.2, 0.25) is 4.96 Å². The van der Waals surface area contributed by atoms with E-state index in [1.54, 1.807) is 11.3 Å². The Morgan fingerprint density at radius 1 is 1.26 bits per heavy atom. The average Bonchev–Trinajstić information content (AvgIpc) is 2.86. The van der Waals surface area contributed by atoms with Gasteiger partial charge < -0.3 is 0 Å². The van der Waals surface area contributed by atoms with Crippen LogP contribution in [0.3, 0.4) is 0 Å². The molecule has 0 aliphatic rings. The van der Waals surface area contributed by atoms with Crippen LogP contribution in [0.2, 0.25) is 5.02 Å². The minimum absolute atomic E-state index is 0.617. The summed E-state index contributed by atoms with van der Waals surface area (Å²) in [6, 6.07) is 7.71. The molecule has 0 spiro atoms. The van der Waals surface area contributed by atoms with E-state index in [2.05, 4.69) is 23.9 Å². The van der Waals surface area contributed by atoms with Gasteiger partial charge in [-0.2, -0.15) is 5.10 Å². The zero-order chi connectivity index (χ0) is 13.4. The Morgan fingerprint density at radius 3 is 2.63 bits per heavy atom. The van der Waals surface area contributed by atoms with E-state index in [-0.39, 0.29) is 0 Å². The van der Waals surface area contributed by atoms with Crippen molar-refractivity contribution in [1.82, 2.24) is 14.6 Å². The summed E-state index contributed by atoms with van der Waals surface area (Å²) in [5.74, 6) is 0.617. The molecule has 0 aliphatic heterocycles. The predicted molar refractivity (Wildman–Crippen MR) is 79.9 cm³/mol. The molecule has 98 valence electrons. The van der Waals surface area contributed by atoms with Crippen molar-refractivity contribution >= 4 is 27.9 Å². The molecule has 0 unspecified atom stereocenters. The molecular weight excluding hydrogens is 278 g/mol.